The molecule has 150 valence electrons. The standard InChI is InChI=1S/C19H26N6O3/c1-5-14-13(4)20-19(22-16(14)26)25-15(10-12(3)23-25)21-17(27)18(28)24-8-6-11(2)7-9-24/h10-11,14H,5-9H2,1-4H3,(H,21,27). The Morgan fingerprint density at radius 3 is 2.50 bits per heavy atom. The van der Waals surface area contributed by atoms with Crippen LogP contribution in [0.1, 0.15) is 45.7 Å². The van der Waals surface area contributed by atoms with Crippen molar-refractivity contribution in [3.05, 3.63) is 11.8 Å². The first-order chi connectivity index (χ1) is 13.3. The maximum absolute atomic E-state index is 12.5. The van der Waals surface area contributed by atoms with Crippen LogP contribution in [-0.4, -0.2) is 57.2 Å². The van der Waals surface area contributed by atoms with Gasteiger partial charge in [0, 0.05) is 24.9 Å². The number of nitrogens with one attached hydrogen (secondary N) is 1. The molecule has 1 aromatic heterocycles. The zero-order valence-corrected chi connectivity index (χ0v) is 16.7. The molecule has 1 atom stereocenters. The average Bonchev–Trinajstić information content (AvgIpc) is 3.01. The minimum absolute atomic E-state index is 0.0925. The number of hydrogen-bond donors (Lipinski definition) is 1. The van der Waals surface area contributed by atoms with Crippen molar-refractivity contribution in [1.29, 1.82) is 0 Å². The SMILES string of the molecule is CCC1C(=O)N=C(n2nc(C)cc2NC(=O)C(=O)N2CCC(C)CC2)N=C1C. The summed E-state index contributed by atoms with van der Waals surface area (Å²) in [6.07, 6.45) is 2.40. The molecule has 2 aliphatic heterocycles. The highest BCUT2D eigenvalue weighted by atomic mass is 16.2. The third kappa shape index (κ3) is 4.02. The third-order valence-electron chi connectivity index (χ3n) is 5.22. The molecule has 0 aromatic carbocycles. The Morgan fingerprint density at radius 1 is 1.21 bits per heavy atom. The summed E-state index contributed by atoms with van der Waals surface area (Å²) >= 11 is 0. The van der Waals surface area contributed by atoms with Crippen LogP contribution in [0.4, 0.5) is 5.82 Å². The maximum Gasteiger partial charge on any atom is 0.315 e. The van der Waals surface area contributed by atoms with Gasteiger partial charge in [0.1, 0.15) is 5.82 Å². The first kappa shape index (κ1) is 19.9. The van der Waals surface area contributed by atoms with Gasteiger partial charge in [0.25, 0.3) is 11.9 Å². The van der Waals surface area contributed by atoms with Crippen LogP contribution >= 0.6 is 0 Å². The Balaban J connectivity index is 1.79. The van der Waals surface area contributed by atoms with E-state index in [2.05, 4.69) is 27.3 Å². The van der Waals surface area contributed by atoms with Crippen LogP contribution in [-0.2, 0) is 14.4 Å². The molecule has 3 amide bonds. The van der Waals surface area contributed by atoms with Crippen LogP contribution in [0.5, 0.6) is 0 Å². The smallest absolute Gasteiger partial charge is 0.315 e. The highest BCUT2D eigenvalue weighted by molar-refractivity contribution is 6.39. The van der Waals surface area contributed by atoms with E-state index >= 15 is 0 Å². The van der Waals surface area contributed by atoms with E-state index in [1.807, 2.05) is 6.92 Å². The summed E-state index contributed by atoms with van der Waals surface area (Å²) in [6, 6.07) is 1.62. The van der Waals surface area contributed by atoms with Gasteiger partial charge in [0.2, 0.25) is 0 Å². The quantitative estimate of drug-likeness (QED) is 0.779. The molecular formula is C19H26N6O3. The lowest BCUT2D eigenvalue weighted by molar-refractivity contribution is -0.144. The van der Waals surface area contributed by atoms with E-state index < -0.39 is 11.8 Å². The second-order valence-corrected chi connectivity index (χ2v) is 7.48. The van der Waals surface area contributed by atoms with E-state index in [0.29, 0.717) is 36.8 Å². The van der Waals surface area contributed by atoms with Gasteiger partial charge >= 0.3 is 11.8 Å². The largest absolute Gasteiger partial charge is 0.334 e. The summed E-state index contributed by atoms with van der Waals surface area (Å²) in [5.41, 5.74) is 1.26. The molecule has 0 bridgehead atoms. The summed E-state index contributed by atoms with van der Waals surface area (Å²) < 4.78 is 1.30. The van der Waals surface area contributed by atoms with Crippen LogP contribution in [0.25, 0.3) is 0 Å². The van der Waals surface area contributed by atoms with Gasteiger partial charge in [-0.25, -0.2) is 4.99 Å². The van der Waals surface area contributed by atoms with Crippen molar-refractivity contribution >= 4 is 35.2 Å². The number of carbonyl (C=O) groups excluding carboxylic acids is 3. The molecule has 3 heterocycles. The van der Waals surface area contributed by atoms with E-state index in [1.54, 1.807) is 24.8 Å². The second-order valence-electron chi connectivity index (χ2n) is 7.48. The Labute approximate surface area is 163 Å². The number of hydrogen-bond acceptors (Lipinski definition) is 5. The molecule has 1 unspecified atom stereocenters. The molecule has 0 spiro atoms. The Morgan fingerprint density at radius 2 is 1.89 bits per heavy atom. The highest BCUT2D eigenvalue weighted by Gasteiger charge is 2.29. The van der Waals surface area contributed by atoms with Gasteiger partial charge < -0.3 is 10.2 Å². The fraction of sp³-hybridized carbons (Fsp3) is 0.579. The van der Waals surface area contributed by atoms with Crippen molar-refractivity contribution in [2.45, 2.75) is 47.0 Å². The van der Waals surface area contributed by atoms with Gasteiger partial charge in [-0.05, 0) is 39.0 Å². The lowest BCUT2D eigenvalue weighted by atomic mass is 9.99. The first-order valence-electron chi connectivity index (χ1n) is 9.65. The van der Waals surface area contributed by atoms with E-state index in [1.165, 1.54) is 4.68 Å². The van der Waals surface area contributed by atoms with Crippen molar-refractivity contribution in [2.75, 3.05) is 18.4 Å². The molecule has 1 saturated heterocycles. The normalized spacial score (nSPS) is 20.6. The molecule has 9 nitrogen and oxygen atoms in total. The van der Waals surface area contributed by atoms with Crippen LogP contribution in [0, 0.1) is 18.8 Å². The maximum atomic E-state index is 12.5. The average molecular weight is 386 g/mol. The van der Waals surface area contributed by atoms with E-state index in [0.717, 1.165) is 12.8 Å². The molecule has 3 rings (SSSR count). The molecule has 1 aromatic rings. The molecule has 0 aliphatic carbocycles. The minimum Gasteiger partial charge on any atom is -0.334 e. The van der Waals surface area contributed by atoms with Crippen molar-refractivity contribution in [3.8, 4) is 0 Å². The number of nitrogens with zero attached hydrogens (tertiary/aromatic N) is 5. The van der Waals surface area contributed by atoms with Gasteiger partial charge in [-0.3, -0.25) is 14.4 Å². The first-order valence-corrected chi connectivity index (χ1v) is 9.65. The van der Waals surface area contributed by atoms with Gasteiger partial charge in [-0.15, -0.1) is 0 Å². The molecular weight excluding hydrogens is 360 g/mol. The Bertz CT molecular complexity index is 861. The molecule has 1 fully saturated rings. The topological polar surface area (TPSA) is 109 Å². The number of aliphatic imine (C=N–C) groups is 2. The summed E-state index contributed by atoms with van der Waals surface area (Å²) in [5.74, 6) is -0.994. The van der Waals surface area contributed by atoms with Gasteiger partial charge in [0.05, 0.1) is 11.6 Å². The summed E-state index contributed by atoms with van der Waals surface area (Å²) in [7, 11) is 0. The van der Waals surface area contributed by atoms with E-state index in [9.17, 15) is 14.4 Å². The number of rotatable bonds is 2. The summed E-state index contributed by atoms with van der Waals surface area (Å²) in [4.78, 5) is 47.2. The van der Waals surface area contributed by atoms with Crippen molar-refractivity contribution in [3.63, 3.8) is 0 Å². The third-order valence-corrected chi connectivity index (χ3v) is 5.22. The molecule has 9 heteroatoms. The molecule has 0 saturated carbocycles. The number of piperidine rings is 1. The highest BCUT2D eigenvalue weighted by Crippen LogP contribution is 2.19. The van der Waals surface area contributed by atoms with Crippen LogP contribution < -0.4 is 5.32 Å². The Kier molecular flexibility index (Phi) is 5.71. The van der Waals surface area contributed by atoms with Crippen LogP contribution in [0.2, 0.25) is 0 Å². The van der Waals surface area contributed by atoms with Crippen molar-refractivity contribution < 1.29 is 14.4 Å². The second kappa shape index (κ2) is 8.04. The minimum atomic E-state index is -0.731. The zero-order valence-electron chi connectivity index (χ0n) is 16.7. The van der Waals surface area contributed by atoms with Gasteiger partial charge in [-0.1, -0.05) is 13.8 Å². The van der Waals surface area contributed by atoms with Crippen LogP contribution in [0.15, 0.2) is 16.1 Å². The monoisotopic (exact) mass is 386 g/mol. The molecule has 28 heavy (non-hydrogen) atoms. The van der Waals surface area contributed by atoms with Crippen molar-refractivity contribution in [2.24, 2.45) is 21.8 Å². The fourth-order valence-electron chi connectivity index (χ4n) is 3.45. The summed E-state index contributed by atoms with van der Waals surface area (Å²) in [6.45, 7) is 8.72. The number of anilines is 1. The number of aryl methyl sites for hydroxylation is 1. The number of likely N-dealkylation sites (tertiary alicyclic amines) is 1. The zero-order chi connectivity index (χ0) is 20.4. The number of aromatic nitrogens is 2. The number of amides is 3. The van der Waals surface area contributed by atoms with Gasteiger partial charge in [0.15, 0.2) is 0 Å². The predicted octanol–water partition coefficient (Wildman–Crippen LogP) is 1.62. The van der Waals surface area contributed by atoms with Crippen LogP contribution in [0.3, 0.4) is 0 Å². The Hall–Kier alpha value is -2.84. The van der Waals surface area contributed by atoms with Crippen molar-refractivity contribution in [1.82, 2.24) is 14.7 Å². The lowest BCUT2D eigenvalue weighted by Gasteiger charge is -2.29. The molecule has 0 radical (unpaired) electrons. The molecule has 1 N–H and O–H groups in total. The van der Waals surface area contributed by atoms with E-state index in [4.69, 9.17) is 0 Å². The summed E-state index contributed by atoms with van der Waals surface area (Å²) in [5, 5.41) is 6.88. The van der Waals surface area contributed by atoms with E-state index in [-0.39, 0.29) is 23.6 Å². The fourth-order valence-corrected chi connectivity index (χ4v) is 3.45. The van der Waals surface area contributed by atoms with Gasteiger partial charge in [-0.2, -0.15) is 14.8 Å². The lowest BCUT2D eigenvalue weighted by Crippen LogP contribution is -2.44. The predicted molar refractivity (Wildman–Crippen MR) is 105 cm³/mol. The number of carbonyl (C=O) groups is 3. The molecule has 2 aliphatic rings.